The van der Waals surface area contributed by atoms with Crippen molar-refractivity contribution in [3.63, 3.8) is 0 Å². The quantitative estimate of drug-likeness (QED) is 0.822. The first-order chi connectivity index (χ1) is 11.7. The van der Waals surface area contributed by atoms with Gasteiger partial charge in [-0.25, -0.2) is 0 Å². The molecule has 0 atom stereocenters. The number of nitriles is 1. The highest BCUT2D eigenvalue weighted by molar-refractivity contribution is 6.39. The van der Waals surface area contributed by atoms with E-state index < -0.39 is 11.8 Å². The average molecular weight is 323 g/mol. The highest BCUT2D eigenvalue weighted by Gasteiger charge is 2.15. The lowest BCUT2D eigenvalue weighted by Gasteiger charge is -2.09. The Kier molecular flexibility index (Phi) is 5.92. The standard InChI is InChI=1S/C18H17N3O3/c1-24-16-9-5-3-6-13(16)10-11-20-17(22)18(23)21-15-8-4-2-7-14(15)12-19/h2-9H,10-11H2,1H3,(H,20,22)(H,21,23). The Morgan fingerprint density at radius 1 is 1.08 bits per heavy atom. The van der Waals surface area contributed by atoms with Gasteiger partial charge in [-0.15, -0.1) is 0 Å². The van der Waals surface area contributed by atoms with Gasteiger partial charge >= 0.3 is 11.8 Å². The first-order valence-corrected chi connectivity index (χ1v) is 7.36. The summed E-state index contributed by atoms with van der Waals surface area (Å²) in [6.07, 6.45) is 0.539. The van der Waals surface area contributed by atoms with Crippen LogP contribution in [0.1, 0.15) is 11.1 Å². The van der Waals surface area contributed by atoms with Crippen molar-refractivity contribution in [1.29, 1.82) is 5.26 Å². The van der Waals surface area contributed by atoms with Crippen molar-refractivity contribution in [2.24, 2.45) is 0 Å². The molecule has 0 aliphatic heterocycles. The largest absolute Gasteiger partial charge is 0.496 e. The zero-order valence-electron chi connectivity index (χ0n) is 13.2. The van der Waals surface area contributed by atoms with Crippen molar-refractivity contribution in [3.8, 4) is 11.8 Å². The van der Waals surface area contributed by atoms with E-state index >= 15 is 0 Å². The molecule has 0 fully saturated rings. The Bertz CT molecular complexity index is 781. The Hall–Kier alpha value is -3.33. The van der Waals surface area contributed by atoms with Gasteiger partial charge in [-0.3, -0.25) is 9.59 Å². The molecule has 6 heteroatoms. The van der Waals surface area contributed by atoms with Gasteiger partial charge in [0.05, 0.1) is 18.4 Å². The molecule has 0 spiro atoms. The fourth-order valence-electron chi connectivity index (χ4n) is 2.17. The molecule has 0 unspecified atom stereocenters. The number of amides is 2. The number of carbonyl (C=O) groups excluding carboxylic acids is 2. The van der Waals surface area contributed by atoms with Crippen LogP contribution in [-0.4, -0.2) is 25.5 Å². The fourth-order valence-corrected chi connectivity index (χ4v) is 2.17. The highest BCUT2D eigenvalue weighted by Crippen LogP contribution is 2.17. The van der Waals surface area contributed by atoms with Crippen molar-refractivity contribution >= 4 is 17.5 Å². The molecule has 0 bridgehead atoms. The lowest BCUT2D eigenvalue weighted by Crippen LogP contribution is -2.36. The van der Waals surface area contributed by atoms with E-state index in [0.29, 0.717) is 24.2 Å². The fraction of sp³-hybridized carbons (Fsp3) is 0.167. The average Bonchev–Trinajstić information content (AvgIpc) is 2.62. The van der Waals surface area contributed by atoms with Crippen LogP contribution >= 0.6 is 0 Å². The number of ether oxygens (including phenoxy) is 1. The predicted octanol–water partition coefficient (Wildman–Crippen LogP) is 1.86. The van der Waals surface area contributed by atoms with Gasteiger partial charge in [0.1, 0.15) is 11.8 Å². The molecule has 0 aliphatic carbocycles. The summed E-state index contributed by atoms with van der Waals surface area (Å²) in [5, 5.41) is 14.0. The van der Waals surface area contributed by atoms with Crippen LogP contribution in [0.4, 0.5) is 5.69 Å². The minimum Gasteiger partial charge on any atom is -0.496 e. The van der Waals surface area contributed by atoms with Gasteiger partial charge < -0.3 is 15.4 Å². The Balaban J connectivity index is 1.88. The van der Waals surface area contributed by atoms with Gasteiger partial charge in [0, 0.05) is 6.54 Å². The molecule has 2 aromatic rings. The maximum atomic E-state index is 11.9. The van der Waals surface area contributed by atoms with Crippen molar-refractivity contribution in [1.82, 2.24) is 5.32 Å². The minimum absolute atomic E-state index is 0.298. The third-order valence-electron chi connectivity index (χ3n) is 3.37. The van der Waals surface area contributed by atoms with E-state index in [-0.39, 0.29) is 0 Å². The summed E-state index contributed by atoms with van der Waals surface area (Å²) in [7, 11) is 1.58. The SMILES string of the molecule is COc1ccccc1CCNC(=O)C(=O)Nc1ccccc1C#N. The summed E-state index contributed by atoms with van der Waals surface area (Å²) >= 11 is 0. The van der Waals surface area contributed by atoms with Crippen LogP contribution in [0.15, 0.2) is 48.5 Å². The number of rotatable bonds is 5. The lowest BCUT2D eigenvalue weighted by atomic mass is 10.1. The van der Waals surface area contributed by atoms with Crippen LogP contribution in [-0.2, 0) is 16.0 Å². The van der Waals surface area contributed by atoms with Gasteiger partial charge in [0.25, 0.3) is 0 Å². The molecule has 0 aromatic heterocycles. The zero-order chi connectivity index (χ0) is 17.4. The van der Waals surface area contributed by atoms with E-state index in [2.05, 4.69) is 10.6 Å². The van der Waals surface area contributed by atoms with Gasteiger partial charge in [-0.1, -0.05) is 30.3 Å². The Morgan fingerprint density at radius 3 is 2.54 bits per heavy atom. The van der Waals surface area contributed by atoms with Crippen LogP contribution < -0.4 is 15.4 Å². The maximum absolute atomic E-state index is 11.9. The summed E-state index contributed by atoms with van der Waals surface area (Å²) in [5.74, 6) is -0.825. The minimum atomic E-state index is -0.808. The van der Waals surface area contributed by atoms with E-state index in [4.69, 9.17) is 10.00 Å². The number of nitrogens with one attached hydrogen (secondary N) is 2. The van der Waals surface area contributed by atoms with E-state index in [1.54, 1.807) is 31.4 Å². The van der Waals surface area contributed by atoms with Crippen molar-refractivity contribution in [2.75, 3.05) is 19.0 Å². The number of anilines is 1. The number of para-hydroxylation sites is 2. The summed E-state index contributed by atoms with van der Waals surface area (Å²) in [6, 6.07) is 15.9. The number of nitrogens with zero attached hydrogens (tertiary/aromatic N) is 1. The van der Waals surface area contributed by atoms with E-state index in [9.17, 15) is 9.59 Å². The van der Waals surface area contributed by atoms with Crippen molar-refractivity contribution in [2.45, 2.75) is 6.42 Å². The molecule has 2 amide bonds. The van der Waals surface area contributed by atoms with Crippen LogP contribution in [0, 0.1) is 11.3 Å². The van der Waals surface area contributed by atoms with E-state index in [1.807, 2.05) is 30.3 Å². The molecule has 6 nitrogen and oxygen atoms in total. The molecule has 2 rings (SSSR count). The molecule has 0 saturated carbocycles. The molecule has 0 saturated heterocycles. The van der Waals surface area contributed by atoms with Crippen LogP contribution in [0.3, 0.4) is 0 Å². The zero-order valence-corrected chi connectivity index (χ0v) is 13.2. The molecular weight excluding hydrogens is 306 g/mol. The van der Waals surface area contributed by atoms with Gasteiger partial charge in [0.2, 0.25) is 0 Å². The number of hydrogen-bond donors (Lipinski definition) is 2. The second-order valence-corrected chi connectivity index (χ2v) is 4.93. The van der Waals surface area contributed by atoms with E-state index in [1.165, 1.54) is 0 Å². The topological polar surface area (TPSA) is 91.2 Å². The molecule has 0 heterocycles. The second kappa shape index (κ2) is 8.34. The third-order valence-corrected chi connectivity index (χ3v) is 3.37. The summed E-state index contributed by atoms with van der Waals surface area (Å²) in [5.41, 5.74) is 1.55. The van der Waals surface area contributed by atoms with Crippen LogP contribution in [0.2, 0.25) is 0 Å². The first-order valence-electron chi connectivity index (χ1n) is 7.36. The Morgan fingerprint density at radius 2 is 1.79 bits per heavy atom. The van der Waals surface area contributed by atoms with Crippen LogP contribution in [0.5, 0.6) is 5.75 Å². The van der Waals surface area contributed by atoms with Gasteiger partial charge in [0.15, 0.2) is 0 Å². The monoisotopic (exact) mass is 323 g/mol. The molecule has 2 aromatic carbocycles. The molecule has 24 heavy (non-hydrogen) atoms. The number of benzene rings is 2. The number of carbonyl (C=O) groups is 2. The van der Waals surface area contributed by atoms with Gasteiger partial charge in [-0.2, -0.15) is 5.26 Å². The number of methoxy groups -OCH3 is 1. The third kappa shape index (κ3) is 4.34. The van der Waals surface area contributed by atoms with Crippen molar-refractivity contribution in [3.05, 3.63) is 59.7 Å². The smallest absolute Gasteiger partial charge is 0.313 e. The van der Waals surface area contributed by atoms with Crippen molar-refractivity contribution < 1.29 is 14.3 Å². The molecular formula is C18H17N3O3. The second-order valence-electron chi connectivity index (χ2n) is 4.93. The molecule has 2 N–H and O–H groups in total. The molecule has 122 valence electrons. The summed E-state index contributed by atoms with van der Waals surface area (Å²) in [6.45, 7) is 0.298. The van der Waals surface area contributed by atoms with E-state index in [0.717, 1.165) is 11.3 Å². The molecule has 0 radical (unpaired) electrons. The normalized spacial score (nSPS) is 9.67. The summed E-state index contributed by atoms with van der Waals surface area (Å²) < 4.78 is 5.23. The van der Waals surface area contributed by atoms with Crippen LogP contribution in [0.25, 0.3) is 0 Å². The lowest BCUT2D eigenvalue weighted by molar-refractivity contribution is -0.136. The molecule has 0 aliphatic rings. The summed E-state index contributed by atoms with van der Waals surface area (Å²) in [4.78, 5) is 23.7. The first kappa shape index (κ1) is 17.0. The Labute approximate surface area is 140 Å². The maximum Gasteiger partial charge on any atom is 0.313 e. The highest BCUT2D eigenvalue weighted by atomic mass is 16.5. The van der Waals surface area contributed by atoms with Gasteiger partial charge in [-0.05, 0) is 30.2 Å². The predicted molar refractivity (Wildman–Crippen MR) is 89.5 cm³/mol. The number of hydrogen-bond acceptors (Lipinski definition) is 4.